The Morgan fingerprint density at radius 1 is 1.45 bits per heavy atom. The second-order valence-electron chi connectivity index (χ2n) is 5.02. The van der Waals surface area contributed by atoms with E-state index in [1.807, 2.05) is 13.8 Å². The zero-order chi connectivity index (χ0) is 16.5. The number of aryl methyl sites for hydroxylation is 1. The third kappa shape index (κ3) is 5.14. The lowest BCUT2D eigenvalue weighted by molar-refractivity contribution is -0.141. The van der Waals surface area contributed by atoms with Crippen LogP contribution < -0.4 is 0 Å². The molecule has 1 aromatic rings. The molecular formula is C15H24N2O5. The molecule has 0 saturated carbocycles. The van der Waals surface area contributed by atoms with E-state index in [-0.39, 0.29) is 18.1 Å². The van der Waals surface area contributed by atoms with E-state index in [1.165, 1.54) is 11.3 Å². The first-order valence-electron chi connectivity index (χ1n) is 7.53. The topological polar surface area (TPSA) is 92.9 Å². The van der Waals surface area contributed by atoms with E-state index in [0.29, 0.717) is 38.4 Å². The number of carboxylic acids is 1. The van der Waals surface area contributed by atoms with Crippen molar-refractivity contribution < 1.29 is 23.8 Å². The predicted molar refractivity (Wildman–Crippen MR) is 79.7 cm³/mol. The number of hydrogen-bond donors (Lipinski definition) is 1. The van der Waals surface area contributed by atoms with Gasteiger partial charge in [-0.2, -0.15) is 0 Å². The maximum absolute atomic E-state index is 12.6. The quantitative estimate of drug-likeness (QED) is 0.662. The molecule has 7 nitrogen and oxygen atoms in total. The van der Waals surface area contributed by atoms with Gasteiger partial charge in [-0.25, -0.2) is 4.98 Å². The van der Waals surface area contributed by atoms with Crippen LogP contribution in [0.4, 0.5) is 0 Å². The van der Waals surface area contributed by atoms with Crippen LogP contribution in [0.15, 0.2) is 10.8 Å². The van der Waals surface area contributed by atoms with Crippen molar-refractivity contribution in [2.45, 2.75) is 33.6 Å². The number of amides is 1. The van der Waals surface area contributed by atoms with Gasteiger partial charge in [-0.1, -0.05) is 13.8 Å². The summed E-state index contributed by atoms with van der Waals surface area (Å²) in [5, 5.41) is 9.06. The van der Waals surface area contributed by atoms with Crippen LogP contribution in [0.5, 0.6) is 0 Å². The van der Waals surface area contributed by atoms with Crippen molar-refractivity contribution >= 4 is 11.9 Å². The van der Waals surface area contributed by atoms with Gasteiger partial charge in [-0.15, -0.1) is 0 Å². The molecule has 0 bridgehead atoms. The van der Waals surface area contributed by atoms with Crippen molar-refractivity contribution in [3.63, 3.8) is 0 Å². The van der Waals surface area contributed by atoms with Gasteiger partial charge in [0.05, 0.1) is 5.92 Å². The Morgan fingerprint density at radius 2 is 2.18 bits per heavy atom. The lowest BCUT2D eigenvalue weighted by Crippen LogP contribution is -2.38. The molecule has 0 aromatic carbocycles. The number of rotatable bonds is 10. The van der Waals surface area contributed by atoms with Gasteiger partial charge in [0.1, 0.15) is 5.76 Å². The van der Waals surface area contributed by atoms with Gasteiger partial charge >= 0.3 is 5.97 Å². The van der Waals surface area contributed by atoms with E-state index in [2.05, 4.69) is 4.98 Å². The van der Waals surface area contributed by atoms with Crippen molar-refractivity contribution in [1.82, 2.24) is 9.88 Å². The minimum absolute atomic E-state index is 0.135. The molecule has 7 heteroatoms. The highest BCUT2D eigenvalue weighted by molar-refractivity contribution is 5.93. The Morgan fingerprint density at radius 3 is 2.77 bits per heavy atom. The first-order valence-corrected chi connectivity index (χ1v) is 7.53. The number of nitrogens with zero attached hydrogens (tertiary/aromatic N) is 2. The van der Waals surface area contributed by atoms with Gasteiger partial charge in [0, 0.05) is 32.7 Å². The Bertz CT molecular complexity index is 486. The molecule has 0 saturated heterocycles. The SMILES string of the molecule is CCOCCCN(CC(C)C(=O)O)C(=O)c1ncoc1CC. The highest BCUT2D eigenvalue weighted by Crippen LogP contribution is 2.13. The number of hydrogen-bond acceptors (Lipinski definition) is 5. The van der Waals surface area contributed by atoms with Crippen molar-refractivity contribution in [2.75, 3.05) is 26.3 Å². The molecule has 22 heavy (non-hydrogen) atoms. The second kappa shape index (κ2) is 9.19. The van der Waals surface area contributed by atoms with Crippen LogP contribution >= 0.6 is 0 Å². The van der Waals surface area contributed by atoms with E-state index < -0.39 is 11.9 Å². The zero-order valence-electron chi connectivity index (χ0n) is 13.4. The van der Waals surface area contributed by atoms with E-state index in [9.17, 15) is 9.59 Å². The summed E-state index contributed by atoms with van der Waals surface area (Å²) >= 11 is 0. The van der Waals surface area contributed by atoms with Crippen molar-refractivity contribution in [3.8, 4) is 0 Å². The van der Waals surface area contributed by atoms with Crippen LogP contribution in [0, 0.1) is 5.92 Å². The molecule has 1 unspecified atom stereocenters. The summed E-state index contributed by atoms with van der Waals surface area (Å²) in [6.07, 6.45) is 2.44. The highest BCUT2D eigenvalue weighted by atomic mass is 16.5. The number of oxazole rings is 1. The van der Waals surface area contributed by atoms with Crippen LogP contribution in [0.3, 0.4) is 0 Å². The van der Waals surface area contributed by atoms with Crippen LogP contribution in [-0.2, 0) is 16.0 Å². The van der Waals surface area contributed by atoms with Gasteiger partial charge in [-0.3, -0.25) is 9.59 Å². The molecule has 0 aliphatic heterocycles. The largest absolute Gasteiger partial charge is 0.481 e. The minimum Gasteiger partial charge on any atom is -0.481 e. The van der Waals surface area contributed by atoms with Crippen LogP contribution in [0.25, 0.3) is 0 Å². The highest BCUT2D eigenvalue weighted by Gasteiger charge is 2.25. The fraction of sp³-hybridized carbons (Fsp3) is 0.667. The lowest BCUT2D eigenvalue weighted by Gasteiger charge is -2.24. The standard InChI is InChI=1S/C15H24N2O5/c1-4-12-13(16-10-22-12)14(18)17(7-6-8-21-5-2)9-11(3)15(19)20/h10-11H,4-9H2,1-3H3,(H,19,20). The molecule has 0 aliphatic rings. The lowest BCUT2D eigenvalue weighted by atomic mass is 10.1. The molecule has 0 fully saturated rings. The molecule has 1 amide bonds. The van der Waals surface area contributed by atoms with E-state index in [4.69, 9.17) is 14.3 Å². The van der Waals surface area contributed by atoms with Crippen LogP contribution in [0.2, 0.25) is 0 Å². The summed E-state index contributed by atoms with van der Waals surface area (Å²) in [5.41, 5.74) is 0.261. The fourth-order valence-corrected chi connectivity index (χ4v) is 2.03. The van der Waals surface area contributed by atoms with Crippen LogP contribution in [0.1, 0.15) is 43.4 Å². The summed E-state index contributed by atoms with van der Waals surface area (Å²) in [4.78, 5) is 29.1. The van der Waals surface area contributed by atoms with Crippen molar-refractivity contribution in [1.29, 1.82) is 0 Å². The fourth-order valence-electron chi connectivity index (χ4n) is 2.03. The number of aromatic nitrogens is 1. The number of carbonyl (C=O) groups is 2. The average Bonchev–Trinajstić information content (AvgIpc) is 2.97. The van der Waals surface area contributed by atoms with Crippen molar-refractivity contribution in [3.05, 3.63) is 17.8 Å². The first kappa shape index (κ1) is 18.2. The average molecular weight is 312 g/mol. The second-order valence-corrected chi connectivity index (χ2v) is 5.02. The third-order valence-corrected chi connectivity index (χ3v) is 3.29. The van der Waals surface area contributed by atoms with Crippen LogP contribution in [-0.4, -0.2) is 53.2 Å². The van der Waals surface area contributed by atoms with Gasteiger partial charge < -0.3 is 19.2 Å². The summed E-state index contributed by atoms with van der Waals surface area (Å²) in [7, 11) is 0. The number of ether oxygens (including phenoxy) is 1. The summed E-state index contributed by atoms with van der Waals surface area (Å²) in [6.45, 7) is 7.05. The number of carbonyl (C=O) groups excluding carboxylic acids is 1. The Balaban J connectivity index is 2.78. The van der Waals surface area contributed by atoms with E-state index in [1.54, 1.807) is 6.92 Å². The minimum atomic E-state index is -0.932. The molecule has 0 aliphatic carbocycles. The Hall–Kier alpha value is -1.89. The van der Waals surface area contributed by atoms with Gasteiger partial charge in [0.2, 0.25) is 0 Å². The maximum Gasteiger partial charge on any atom is 0.308 e. The maximum atomic E-state index is 12.6. The normalized spacial score (nSPS) is 12.1. The van der Waals surface area contributed by atoms with Gasteiger partial charge in [-0.05, 0) is 13.3 Å². The Kier molecular flexibility index (Phi) is 7.59. The zero-order valence-corrected chi connectivity index (χ0v) is 13.4. The third-order valence-electron chi connectivity index (χ3n) is 3.29. The molecule has 1 N–H and O–H groups in total. The molecular weight excluding hydrogens is 288 g/mol. The molecule has 0 spiro atoms. The molecule has 1 rings (SSSR count). The molecule has 1 aromatic heterocycles. The number of carboxylic acid groups (broad SMARTS) is 1. The van der Waals surface area contributed by atoms with Crippen molar-refractivity contribution in [2.24, 2.45) is 5.92 Å². The van der Waals surface area contributed by atoms with Gasteiger partial charge in [0.15, 0.2) is 12.1 Å². The van der Waals surface area contributed by atoms with E-state index >= 15 is 0 Å². The summed E-state index contributed by atoms with van der Waals surface area (Å²) in [6, 6.07) is 0. The smallest absolute Gasteiger partial charge is 0.308 e. The molecule has 1 atom stereocenters. The molecule has 124 valence electrons. The summed E-state index contributed by atoms with van der Waals surface area (Å²) < 4.78 is 10.4. The first-order chi connectivity index (χ1) is 10.5. The van der Waals surface area contributed by atoms with Gasteiger partial charge in [0.25, 0.3) is 5.91 Å². The Labute approximate surface area is 130 Å². The number of aliphatic carboxylic acids is 1. The summed E-state index contributed by atoms with van der Waals surface area (Å²) in [5.74, 6) is -1.36. The van der Waals surface area contributed by atoms with E-state index in [0.717, 1.165) is 0 Å². The molecule has 1 heterocycles. The predicted octanol–water partition coefficient (Wildman–Crippen LogP) is 1.83. The monoisotopic (exact) mass is 312 g/mol. The molecule has 0 radical (unpaired) electrons.